The number of nitro benzene ring substituents is 1. The first kappa shape index (κ1) is 108. The van der Waals surface area contributed by atoms with Crippen LogP contribution in [-0.4, -0.2) is 41.8 Å². The quantitative estimate of drug-likeness (QED) is 0.0274. The van der Waals surface area contributed by atoms with Crippen LogP contribution in [0.4, 0.5) is 5.69 Å². The van der Waals surface area contributed by atoms with E-state index in [0.717, 1.165) is 73.6 Å². The van der Waals surface area contributed by atoms with Crippen molar-refractivity contribution in [1.82, 2.24) is 0 Å². The molecule has 0 atom stereocenters. The number of nitriles is 1. The zero-order valence-electron chi connectivity index (χ0n) is 76.1. The van der Waals surface area contributed by atoms with Crippen molar-refractivity contribution in [2.45, 2.75) is 117 Å². The van der Waals surface area contributed by atoms with Crippen LogP contribution in [0.3, 0.4) is 0 Å². The van der Waals surface area contributed by atoms with Crippen LogP contribution in [0.25, 0.3) is 77.6 Å². The van der Waals surface area contributed by atoms with E-state index in [2.05, 4.69) is 153 Å². The van der Waals surface area contributed by atoms with E-state index in [1.54, 1.807) is 45.2 Å². The number of ether oxygens (including phenoxy) is 2. The molecular weight excluding hydrogens is 1570 g/mol. The Morgan fingerprint density at radius 2 is 0.762 bits per heavy atom. The molecule has 10 nitrogen and oxygen atoms in total. The number of aryl methyl sites for hydroxylation is 2. The largest absolute Gasteiger partial charge is 0.497 e. The minimum Gasteiger partial charge on any atom is -0.497 e. The zero-order chi connectivity index (χ0) is 92.8. The Bertz CT molecular complexity index is 5340. The first-order valence-corrected chi connectivity index (χ1v) is 42.3. The Labute approximate surface area is 756 Å². The molecule has 126 heavy (non-hydrogen) atoms. The second kappa shape index (κ2) is 68.3. The molecule has 12 aromatic carbocycles. The van der Waals surface area contributed by atoms with E-state index in [-0.39, 0.29) is 24.0 Å². The number of hydrogen-bond acceptors (Lipinski definition) is 9. The van der Waals surface area contributed by atoms with Crippen molar-refractivity contribution in [2.24, 2.45) is 0 Å². The van der Waals surface area contributed by atoms with E-state index in [1.807, 2.05) is 325 Å². The van der Waals surface area contributed by atoms with Gasteiger partial charge in [-0.25, -0.2) is 4.79 Å². The van der Waals surface area contributed by atoms with Gasteiger partial charge in [-0.3, -0.25) is 19.7 Å². The summed E-state index contributed by atoms with van der Waals surface area (Å²) in [5.74, 6) is 0.750. The van der Waals surface area contributed by atoms with Gasteiger partial charge in [-0.05, 0) is 259 Å². The summed E-state index contributed by atoms with van der Waals surface area (Å²) in [4.78, 5) is 42.3. The normalized spacial score (nSPS) is 10.5. The Morgan fingerprint density at radius 3 is 1.17 bits per heavy atom. The number of fused-ring (bicyclic) bond motifs is 1. The lowest BCUT2D eigenvalue weighted by atomic mass is 10.0. The number of non-ortho nitro benzene ring substituents is 1. The molecule has 12 rings (SSSR count). The van der Waals surface area contributed by atoms with E-state index < -0.39 is 4.92 Å². The third kappa shape index (κ3) is 47.3. The van der Waals surface area contributed by atoms with E-state index in [0.29, 0.717) is 17.7 Å². The van der Waals surface area contributed by atoms with Crippen molar-refractivity contribution in [1.29, 1.82) is 5.26 Å². The average Bonchev–Trinajstić information content (AvgIpc) is 0.831. The van der Waals surface area contributed by atoms with Crippen LogP contribution in [0.2, 0.25) is 5.02 Å². The number of aliphatic hydroxyl groups is 1. The Hall–Kier alpha value is -14.2. The number of aliphatic hydroxyl groups excluding tert-OH is 1. The lowest BCUT2D eigenvalue weighted by Crippen LogP contribution is -2.03. The first-order chi connectivity index (χ1) is 61.1. The summed E-state index contributed by atoms with van der Waals surface area (Å²) in [7, 11) is 1.67. The topological polar surface area (TPSA) is 157 Å². The molecule has 0 heterocycles. The number of carbonyl (C=O) groups excluding carboxylic acids is 3. The highest BCUT2D eigenvalue weighted by atomic mass is 35.5. The van der Waals surface area contributed by atoms with Gasteiger partial charge in [0.25, 0.3) is 5.69 Å². The zero-order valence-corrected chi connectivity index (χ0v) is 76.9. The van der Waals surface area contributed by atoms with Crippen LogP contribution < -0.4 is 4.74 Å². The number of aldehydes is 1. The van der Waals surface area contributed by atoms with Gasteiger partial charge in [0.15, 0.2) is 5.78 Å². The number of allylic oxidation sites excluding steroid dienone is 11. The van der Waals surface area contributed by atoms with E-state index in [1.165, 1.54) is 61.8 Å². The molecule has 0 bridgehead atoms. The second-order valence-electron chi connectivity index (χ2n) is 27.1. The number of nitro groups is 1. The fourth-order valence-corrected chi connectivity index (χ4v) is 11.2. The predicted molar refractivity (Wildman–Crippen MR) is 544 cm³/mol. The fourth-order valence-electron chi connectivity index (χ4n) is 11.1. The molecule has 650 valence electrons. The number of ketones is 1. The molecule has 0 saturated heterocycles. The Balaban J connectivity index is 0.000000470. The van der Waals surface area contributed by atoms with Crippen molar-refractivity contribution in [3.8, 4) is 11.8 Å². The summed E-state index contributed by atoms with van der Waals surface area (Å²) >= 11 is 5.69. The molecule has 12 aromatic rings. The molecule has 0 fully saturated rings. The highest BCUT2D eigenvalue weighted by molar-refractivity contribution is 6.30. The number of methoxy groups -OCH3 is 1. The predicted octanol–water partition coefficient (Wildman–Crippen LogP) is 32.1. The smallest absolute Gasteiger partial charge is 0.338 e. The van der Waals surface area contributed by atoms with Gasteiger partial charge >= 0.3 is 5.97 Å². The van der Waals surface area contributed by atoms with Crippen LogP contribution in [0.5, 0.6) is 5.75 Å². The molecule has 0 saturated carbocycles. The van der Waals surface area contributed by atoms with Crippen molar-refractivity contribution in [2.75, 3.05) is 13.7 Å². The van der Waals surface area contributed by atoms with E-state index in [9.17, 15) is 24.5 Å². The molecule has 0 radical (unpaired) electrons. The molecule has 0 aromatic heterocycles. The summed E-state index contributed by atoms with van der Waals surface area (Å²) in [6.45, 7) is 30.1. The van der Waals surface area contributed by atoms with Gasteiger partial charge in [0, 0.05) is 28.3 Å². The third-order valence-corrected chi connectivity index (χ3v) is 17.6. The molecule has 0 aliphatic heterocycles. The molecular formula is C115H125ClN2O8. The number of carbonyl (C=O) groups is 3. The molecule has 0 unspecified atom stereocenters. The van der Waals surface area contributed by atoms with E-state index >= 15 is 0 Å². The fraction of sp³-hybridized carbons (Fsp3) is 0.165. The van der Waals surface area contributed by atoms with E-state index in [4.69, 9.17) is 31.4 Å². The molecule has 0 aliphatic carbocycles. The standard InChI is InChI=1S/C13H12.C12H14O2.C11H12O.C11H14.C10H9N.2C10H12O.C10H10O.C10H12.C9H9Cl.C9H9NO2/c1-2-6-11-8-5-9-12-7-3-4-10-13(11)12;1-3-5-10-6-8-11(9-7-10)12(13)14-4-2;1-3-4-10-5-7-11(8-6-10)9(2)12;1-3-6-11-8-5-7-10(4-2)9-11;1-2-3-9-4-6-10(8-11)7-5-9;1-3-4-9-5-7-10(11-2)8-6-9;1-2-4-9-5-3-6-10(7-9)8-11;1-2-3-9-4-6-10(8-11)7-5-9;1-3-6-10-8-5-4-7-9(10)2;1-2-3-8-4-6-9(10)7-5-8;1-2-3-8-4-6-9(7-5-8)10(11)12/h2-10H,1H3;3,5-9H,4H2,1-2H3;3-8H,1-2H3;3,5-9H,4H2,1-2H3;2-7H,1H3;3-8H,1-2H3;2-7,11H,8H2,1H3;2-8H,1H3;3-8H,1-2H3;2-7H,1H3;2-7H,1H3/b6-2+;5-3+;4-3+;6-3+;3-2+;4-3+;4-2+;3-2+;6-3+;2*3-2+. The Kier molecular flexibility index (Phi) is 58.5. The lowest BCUT2D eigenvalue weighted by molar-refractivity contribution is -0.384. The SMILES string of the molecule is C/C=C/c1ccc(C#N)cc1.C/C=C/c1ccc(C(=O)OCC)cc1.C/C=C/c1ccc(C(C)=O)cc1.C/C=C/c1ccc(C=O)cc1.C/C=C/c1ccc(Cl)cc1.C/C=C/c1ccc(OC)cc1.C/C=C/c1ccc([N+](=O)[O-])cc1.C/C=C/c1cccc(CC)c1.C/C=C/c1cccc(CO)c1.C/C=C/c1cccc2ccccc12.C/C=C/c1ccccc1C. The van der Waals surface area contributed by atoms with Crippen molar-refractivity contribution in [3.63, 3.8) is 0 Å². The van der Waals surface area contributed by atoms with Crippen LogP contribution in [0.15, 0.2) is 352 Å². The molecule has 1 N–H and O–H groups in total. The average molecular weight is 1700 g/mol. The summed E-state index contributed by atoms with van der Waals surface area (Å²) in [5, 5.41) is 31.0. The third-order valence-electron chi connectivity index (χ3n) is 17.4. The minimum atomic E-state index is -0.403. The lowest BCUT2D eigenvalue weighted by Gasteiger charge is -2.01. The highest BCUT2D eigenvalue weighted by Gasteiger charge is 2.06. The van der Waals surface area contributed by atoms with Gasteiger partial charge in [0.2, 0.25) is 0 Å². The van der Waals surface area contributed by atoms with Crippen molar-refractivity contribution in [3.05, 3.63) is 467 Å². The van der Waals surface area contributed by atoms with Gasteiger partial charge in [0.1, 0.15) is 12.0 Å². The maximum absolute atomic E-state index is 11.3. The molecule has 11 heteroatoms. The summed E-state index contributed by atoms with van der Waals surface area (Å²) in [6, 6.07) is 93.7. The first-order valence-electron chi connectivity index (χ1n) is 42.0. The Morgan fingerprint density at radius 1 is 0.413 bits per heavy atom. The summed E-state index contributed by atoms with van der Waals surface area (Å²) < 4.78 is 9.89. The monoisotopic (exact) mass is 1700 g/mol. The number of rotatable bonds is 19. The van der Waals surface area contributed by atoms with Crippen LogP contribution >= 0.6 is 11.6 Å². The molecule has 0 aliphatic rings. The maximum atomic E-state index is 11.3. The van der Waals surface area contributed by atoms with Crippen LogP contribution in [0.1, 0.15) is 211 Å². The number of halogens is 1. The maximum Gasteiger partial charge on any atom is 0.338 e. The van der Waals surface area contributed by atoms with Gasteiger partial charge in [-0.2, -0.15) is 5.26 Å². The number of hydrogen-bond donors (Lipinski definition) is 1. The van der Waals surface area contributed by atoms with Gasteiger partial charge < -0.3 is 14.6 Å². The number of esters is 1. The number of benzene rings is 12. The van der Waals surface area contributed by atoms with Gasteiger partial charge in [0.05, 0.1) is 42.4 Å². The number of Topliss-reactive ketones (excluding diaryl/α,β-unsaturated/α-hetero) is 1. The second-order valence-corrected chi connectivity index (χ2v) is 27.6. The minimum absolute atomic E-state index is 0.113. The summed E-state index contributed by atoms with van der Waals surface area (Å²) in [6.07, 6.45) is 46.3. The summed E-state index contributed by atoms with van der Waals surface area (Å²) in [5.41, 5.74) is 19.5. The van der Waals surface area contributed by atoms with Crippen molar-refractivity contribution < 1.29 is 33.9 Å². The molecule has 0 spiro atoms. The van der Waals surface area contributed by atoms with Crippen LogP contribution in [0, 0.1) is 28.4 Å². The van der Waals surface area contributed by atoms with Gasteiger partial charge in [-0.15, -0.1) is 0 Å². The van der Waals surface area contributed by atoms with Crippen LogP contribution in [-0.2, 0) is 17.8 Å². The number of nitrogens with zero attached hydrogens (tertiary/aromatic N) is 2. The molecule has 0 amide bonds. The van der Waals surface area contributed by atoms with Crippen molar-refractivity contribution >= 4 is 113 Å². The highest BCUT2D eigenvalue weighted by Crippen LogP contribution is 2.21. The van der Waals surface area contributed by atoms with Gasteiger partial charge in [-0.1, -0.05) is 358 Å².